The zero-order chi connectivity index (χ0) is 10.7. The van der Waals surface area contributed by atoms with Gasteiger partial charge in [-0.3, -0.25) is 0 Å². The van der Waals surface area contributed by atoms with E-state index in [4.69, 9.17) is 14.9 Å². The first-order valence-electron chi connectivity index (χ1n) is 4.14. The average molecular weight is 226 g/mol. The minimum absolute atomic E-state index is 0.275. The summed E-state index contributed by atoms with van der Waals surface area (Å²) in [6.45, 7) is -0.451. The van der Waals surface area contributed by atoms with Crippen molar-refractivity contribution in [3.8, 4) is 0 Å². The van der Waals surface area contributed by atoms with Crippen molar-refractivity contribution in [3.05, 3.63) is 0 Å². The summed E-state index contributed by atoms with van der Waals surface area (Å²) < 4.78 is 5.06. The molecule has 0 bridgehead atoms. The molecule has 6 nitrogen and oxygen atoms in total. The highest BCUT2D eigenvalue weighted by Gasteiger charge is 2.43. The van der Waals surface area contributed by atoms with E-state index in [1.807, 2.05) is 0 Å². The van der Waals surface area contributed by atoms with E-state index in [9.17, 15) is 15.3 Å². The largest absolute Gasteiger partial charge is 0.394 e. The summed E-state index contributed by atoms with van der Waals surface area (Å²) in [4.78, 5) is 0. The van der Waals surface area contributed by atoms with Crippen LogP contribution in [0.3, 0.4) is 0 Å². The third-order valence-corrected chi connectivity index (χ3v) is 2.95. The molecule has 0 saturated carbocycles. The molecule has 5 N–H and O–H groups in total. The summed E-state index contributed by atoms with van der Waals surface area (Å²) in [6.07, 6.45) is -4.89. The Morgan fingerprint density at radius 1 is 1.00 bits per heavy atom. The summed E-state index contributed by atoms with van der Waals surface area (Å²) in [6, 6.07) is 0. The lowest BCUT2D eigenvalue weighted by Crippen LogP contribution is -2.57. The minimum atomic E-state index is -1.37. The van der Waals surface area contributed by atoms with Gasteiger partial charge in [0, 0.05) is 0 Å². The fraction of sp³-hybridized carbons (Fsp3) is 1.00. The Morgan fingerprint density at radius 2 is 1.64 bits per heavy atom. The van der Waals surface area contributed by atoms with Crippen LogP contribution in [0.25, 0.3) is 0 Å². The third-order valence-electron chi connectivity index (χ3n) is 2.09. The van der Waals surface area contributed by atoms with E-state index in [-0.39, 0.29) is 5.94 Å². The van der Waals surface area contributed by atoms with Crippen LogP contribution in [0.1, 0.15) is 0 Å². The molecule has 0 aromatic carbocycles. The van der Waals surface area contributed by atoms with Gasteiger partial charge >= 0.3 is 0 Å². The Kier molecular flexibility index (Phi) is 4.58. The van der Waals surface area contributed by atoms with Gasteiger partial charge in [0.05, 0.1) is 12.5 Å². The van der Waals surface area contributed by atoms with E-state index in [1.165, 1.54) is 0 Å². The summed E-state index contributed by atoms with van der Waals surface area (Å²) >= 11 is 0.886. The highest BCUT2D eigenvalue weighted by molar-refractivity contribution is 7.99. The average Bonchev–Trinajstić information content (AvgIpc) is 2.19. The monoisotopic (exact) mass is 226 g/mol. The molecule has 1 aliphatic heterocycles. The fourth-order valence-corrected chi connectivity index (χ4v) is 2.00. The van der Waals surface area contributed by atoms with E-state index in [0.717, 1.165) is 11.8 Å². The van der Waals surface area contributed by atoms with Crippen molar-refractivity contribution >= 4 is 11.8 Å². The first-order chi connectivity index (χ1) is 6.61. The molecule has 0 amide bonds. The molecule has 0 radical (unpaired) electrons. The highest BCUT2D eigenvalue weighted by atomic mass is 32.2. The summed E-state index contributed by atoms with van der Waals surface area (Å²) in [5.74, 6) is -0.275. The van der Waals surface area contributed by atoms with Crippen LogP contribution in [-0.4, -0.2) is 67.9 Å². The molecule has 14 heavy (non-hydrogen) atoms. The quantitative estimate of drug-likeness (QED) is 0.337. The van der Waals surface area contributed by atoms with E-state index < -0.39 is 36.5 Å². The summed E-state index contributed by atoms with van der Waals surface area (Å²) in [5, 5.41) is 45.5. The van der Waals surface area contributed by atoms with Crippen molar-refractivity contribution in [2.75, 3.05) is 12.5 Å². The van der Waals surface area contributed by atoms with E-state index >= 15 is 0 Å². The van der Waals surface area contributed by atoms with Crippen molar-refractivity contribution in [2.24, 2.45) is 0 Å². The first-order valence-corrected chi connectivity index (χ1v) is 5.19. The predicted molar refractivity (Wildman–Crippen MR) is 48.4 cm³/mol. The smallest absolute Gasteiger partial charge is 0.134 e. The second-order valence-electron chi connectivity index (χ2n) is 2.99. The highest BCUT2D eigenvalue weighted by Crippen LogP contribution is 2.27. The fourth-order valence-electron chi connectivity index (χ4n) is 1.28. The lowest BCUT2D eigenvalue weighted by Gasteiger charge is -2.39. The second kappa shape index (κ2) is 5.26. The standard InChI is InChI=1S/C7H14O6S/c8-1-3-4(10)5(11)6(12)7(13-3)14-2-9/h3-12H,1-2H2. The number of thioether (sulfide) groups is 1. The first kappa shape index (κ1) is 12.2. The Labute approximate surface area is 85.1 Å². The molecule has 5 atom stereocenters. The molecule has 5 unspecified atom stereocenters. The van der Waals surface area contributed by atoms with Crippen molar-refractivity contribution in [1.82, 2.24) is 0 Å². The van der Waals surface area contributed by atoms with E-state index in [0.29, 0.717) is 0 Å². The zero-order valence-corrected chi connectivity index (χ0v) is 8.17. The molecule has 84 valence electrons. The Hall–Kier alpha value is 0.110. The van der Waals surface area contributed by atoms with Gasteiger partial charge < -0.3 is 30.3 Å². The van der Waals surface area contributed by atoms with Crippen LogP contribution in [-0.2, 0) is 4.74 Å². The van der Waals surface area contributed by atoms with Gasteiger partial charge in [-0.15, -0.1) is 0 Å². The van der Waals surface area contributed by atoms with Gasteiger partial charge in [0.1, 0.15) is 29.9 Å². The SMILES string of the molecule is OCSC1OC(CO)C(O)C(O)C1O. The maximum atomic E-state index is 9.40. The van der Waals surface area contributed by atoms with Crippen LogP contribution in [0.15, 0.2) is 0 Å². The molecule has 1 saturated heterocycles. The molecular formula is C7H14O6S. The lowest BCUT2D eigenvalue weighted by atomic mass is 10.0. The lowest BCUT2D eigenvalue weighted by molar-refractivity contribution is -0.205. The van der Waals surface area contributed by atoms with Crippen LogP contribution < -0.4 is 0 Å². The van der Waals surface area contributed by atoms with Gasteiger partial charge in [0.25, 0.3) is 0 Å². The van der Waals surface area contributed by atoms with Gasteiger partial charge in [0.2, 0.25) is 0 Å². The van der Waals surface area contributed by atoms with E-state index in [1.54, 1.807) is 0 Å². The molecule has 0 spiro atoms. The Balaban J connectivity index is 2.63. The van der Waals surface area contributed by atoms with Gasteiger partial charge in [-0.05, 0) is 0 Å². The summed E-state index contributed by atoms with van der Waals surface area (Å²) in [5.41, 5.74) is -0.837. The molecule has 0 aromatic heterocycles. The van der Waals surface area contributed by atoms with Crippen molar-refractivity contribution in [2.45, 2.75) is 29.9 Å². The molecule has 1 rings (SSSR count). The maximum absolute atomic E-state index is 9.40. The number of ether oxygens (including phenoxy) is 1. The van der Waals surface area contributed by atoms with Crippen LogP contribution in [0.2, 0.25) is 0 Å². The molecular weight excluding hydrogens is 212 g/mol. The van der Waals surface area contributed by atoms with Crippen LogP contribution in [0, 0.1) is 0 Å². The minimum Gasteiger partial charge on any atom is -0.394 e. The van der Waals surface area contributed by atoms with Crippen LogP contribution in [0.4, 0.5) is 0 Å². The van der Waals surface area contributed by atoms with Crippen LogP contribution >= 0.6 is 11.8 Å². The molecule has 1 heterocycles. The van der Waals surface area contributed by atoms with Crippen LogP contribution in [0.5, 0.6) is 0 Å². The normalized spacial score (nSPS) is 43.9. The van der Waals surface area contributed by atoms with Crippen molar-refractivity contribution < 1.29 is 30.3 Å². The van der Waals surface area contributed by atoms with Gasteiger partial charge in [-0.2, -0.15) is 0 Å². The number of rotatable bonds is 3. The Bertz CT molecular complexity index is 176. The van der Waals surface area contributed by atoms with Gasteiger partial charge in [0.15, 0.2) is 0 Å². The van der Waals surface area contributed by atoms with Crippen molar-refractivity contribution in [3.63, 3.8) is 0 Å². The predicted octanol–water partition coefficient (Wildman–Crippen LogP) is -2.53. The van der Waals surface area contributed by atoms with E-state index in [2.05, 4.69) is 0 Å². The molecule has 0 aromatic rings. The number of hydrogen-bond acceptors (Lipinski definition) is 7. The number of aliphatic hydroxyl groups is 5. The third kappa shape index (κ3) is 2.37. The maximum Gasteiger partial charge on any atom is 0.134 e. The van der Waals surface area contributed by atoms with Gasteiger partial charge in [-0.1, -0.05) is 11.8 Å². The number of hydrogen-bond donors (Lipinski definition) is 5. The molecule has 0 aliphatic carbocycles. The van der Waals surface area contributed by atoms with Crippen molar-refractivity contribution in [1.29, 1.82) is 0 Å². The molecule has 7 heteroatoms. The Morgan fingerprint density at radius 3 is 2.14 bits per heavy atom. The second-order valence-corrected chi connectivity index (χ2v) is 4.05. The summed E-state index contributed by atoms with van der Waals surface area (Å²) in [7, 11) is 0. The van der Waals surface area contributed by atoms with Gasteiger partial charge in [-0.25, -0.2) is 0 Å². The molecule has 1 aliphatic rings. The molecule has 1 fully saturated rings. The zero-order valence-electron chi connectivity index (χ0n) is 7.35. The number of aliphatic hydroxyl groups excluding tert-OH is 5. The topological polar surface area (TPSA) is 110 Å².